The molecule has 2 aromatic rings. The Bertz CT molecular complexity index is 1040. The van der Waals surface area contributed by atoms with E-state index in [1.54, 1.807) is 35.3 Å². The minimum Gasteiger partial charge on any atom is -0.284 e. The number of halogens is 3. The highest BCUT2D eigenvalue weighted by Gasteiger charge is 2.43. The Hall–Kier alpha value is -2.30. The van der Waals surface area contributed by atoms with E-state index in [2.05, 4.69) is 16.6 Å². The fourth-order valence-electron chi connectivity index (χ4n) is 3.92. The van der Waals surface area contributed by atoms with Gasteiger partial charge in [-0.3, -0.25) is 15.2 Å². The predicted octanol–water partition coefficient (Wildman–Crippen LogP) is 5.22. The zero-order valence-electron chi connectivity index (χ0n) is 16.6. The number of hydrazine groups is 1. The Kier molecular flexibility index (Phi) is 6.68. The van der Waals surface area contributed by atoms with Gasteiger partial charge in [-0.15, -0.1) is 0 Å². The normalized spacial score (nSPS) is 21.5. The van der Waals surface area contributed by atoms with Crippen molar-refractivity contribution in [3.8, 4) is 6.07 Å². The average molecular weight is 477 g/mol. The van der Waals surface area contributed by atoms with Gasteiger partial charge in [0.15, 0.2) is 0 Å². The molecule has 2 aliphatic rings. The maximum atomic E-state index is 13.1. The van der Waals surface area contributed by atoms with E-state index >= 15 is 0 Å². The number of hydrogen-bond donors (Lipinski definition) is 1. The predicted molar refractivity (Wildman–Crippen MR) is 123 cm³/mol. The van der Waals surface area contributed by atoms with E-state index in [-0.39, 0.29) is 11.6 Å². The second-order valence-electron chi connectivity index (χ2n) is 7.52. The molecule has 4 rings (SSSR count). The van der Waals surface area contributed by atoms with Gasteiger partial charge in [-0.25, -0.2) is 5.01 Å². The molecule has 0 radical (unpaired) electrons. The number of amides is 1. The first-order chi connectivity index (χ1) is 15.0. The van der Waals surface area contributed by atoms with E-state index in [1.165, 1.54) is 0 Å². The molecule has 0 saturated carbocycles. The van der Waals surface area contributed by atoms with Crippen LogP contribution >= 0.6 is 34.8 Å². The highest BCUT2D eigenvalue weighted by Crippen LogP contribution is 2.42. The van der Waals surface area contributed by atoms with Crippen molar-refractivity contribution in [2.45, 2.75) is 25.3 Å². The topological polar surface area (TPSA) is 71.7 Å². The molecule has 2 heterocycles. The molecule has 0 unspecified atom stereocenters. The highest BCUT2D eigenvalue weighted by atomic mass is 35.5. The molecule has 1 N–H and O–H groups in total. The third-order valence-electron chi connectivity index (χ3n) is 5.44. The molecular weight excluding hydrogens is 457 g/mol. The second-order valence-corrected chi connectivity index (χ2v) is 8.80. The van der Waals surface area contributed by atoms with Crippen LogP contribution in [0.3, 0.4) is 0 Å². The molecule has 1 saturated heterocycles. The number of nitriles is 1. The monoisotopic (exact) mass is 475 g/mol. The molecule has 2 atom stereocenters. The van der Waals surface area contributed by atoms with E-state index in [9.17, 15) is 10.1 Å². The van der Waals surface area contributed by atoms with E-state index in [4.69, 9.17) is 34.8 Å². The number of anilines is 1. The molecule has 2 aromatic carbocycles. The van der Waals surface area contributed by atoms with Crippen molar-refractivity contribution in [1.82, 2.24) is 10.4 Å². The molecular formula is C22H20Cl3N5O. The van der Waals surface area contributed by atoms with Crippen molar-refractivity contribution in [2.75, 3.05) is 18.1 Å². The van der Waals surface area contributed by atoms with Gasteiger partial charge in [0.1, 0.15) is 11.6 Å². The van der Waals surface area contributed by atoms with Crippen LogP contribution in [-0.4, -0.2) is 29.7 Å². The molecule has 0 aliphatic carbocycles. The summed E-state index contributed by atoms with van der Waals surface area (Å²) >= 11 is 18.6. The molecule has 6 nitrogen and oxygen atoms in total. The first-order valence-corrected chi connectivity index (χ1v) is 11.1. The van der Waals surface area contributed by atoms with Crippen LogP contribution in [0, 0.1) is 17.2 Å². The van der Waals surface area contributed by atoms with Crippen molar-refractivity contribution >= 4 is 52.1 Å². The second kappa shape index (κ2) is 9.46. The number of carbonyl (C=O) groups excluding carboxylic acids is 1. The van der Waals surface area contributed by atoms with Crippen molar-refractivity contribution in [3.05, 3.63) is 63.1 Å². The first kappa shape index (κ1) is 21.9. The van der Waals surface area contributed by atoms with Gasteiger partial charge < -0.3 is 0 Å². The maximum Gasteiger partial charge on any atom is 0.283 e. The molecule has 0 bridgehead atoms. The van der Waals surface area contributed by atoms with Crippen molar-refractivity contribution in [2.24, 2.45) is 11.0 Å². The zero-order chi connectivity index (χ0) is 22.0. The average Bonchev–Trinajstić information content (AvgIpc) is 3.14. The van der Waals surface area contributed by atoms with Crippen LogP contribution in [0.25, 0.3) is 0 Å². The van der Waals surface area contributed by atoms with Gasteiger partial charge in [0.05, 0.1) is 22.8 Å². The molecule has 160 valence electrons. The summed E-state index contributed by atoms with van der Waals surface area (Å²) in [4.78, 5) is 13.1. The summed E-state index contributed by atoms with van der Waals surface area (Å²) in [5, 5.41) is 19.6. The van der Waals surface area contributed by atoms with Gasteiger partial charge in [-0.05, 0) is 48.7 Å². The Morgan fingerprint density at radius 3 is 2.35 bits per heavy atom. The quantitative estimate of drug-likeness (QED) is 0.656. The van der Waals surface area contributed by atoms with E-state index in [0.29, 0.717) is 20.8 Å². The van der Waals surface area contributed by atoms with Crippen LogP contribution < -0.4 is 10.4 Å². The third-order valence-corrected chi connectivity index (χ3v) is 6.23. The number of carbonyl (C=O) groups is 1. The van der Waals surface area contributed by atoms with Gasteiger partial charge in [-0.2, -0.15) is 10.4 Å². The van der Waals surface area contributed by atoms with Gasteiger partial charge in [0.25, 0.3) is 5.91 Å². The minimum absolute atomic E-state index is 0.152. The summed E-state index contributed by atoms with van der Waals surface area (Å²) in [6.07, 6.45) is 3.19. The molecule has 31 heavy (non-hydrogen) atoms. The standard InChI is InChI=1S/C22H20Cl3N5O/c23-15-6-4-14(5-7-15)21-17(13-26)20(22(31)28-29-10-2-1-3-11-29)27-30(21)19-9-8-16(24)12-18(19)25/h4-9,12,17,21H,1-3,10-11H2,(H,28,31)/t17-,21-/m0/s1. The number of rotatable bonds is 4. The molecule has 2 aliphatic heterocycles. The lowest BCUT2D eigenvalue weighted by atomic mass is 9.90. The van der Waals surface area contributed by atoms with Gasteiger partial charge in [0, 0.05) is 23.1 Å². The van der Waals surface area contributed by atoms with Crippen LogP contribution in [-0.2, 0) is 4.79 Å². The lowest BCUT2D eigenvalue weighted by Gasteiger charge is -2.27. The number of piperidine rings is 1. The number of nitrogens with zero attached hydrogens (tertiary/aromatic N) is 4. The minimum atomic E-state index is -0.794. The van der Waals surface area contributed by atoms with E-state index in [0.717, 1.165) is 37.9 Å². The van der Waals surface area contributed by atoms with Crippen LogP contribution in [0.5, 0.6) is 0 Å². The largest absolute Gasteiger partial charge is 0.284 e. The summed E-state index contributed by atoms with van der Waals surface area (Å²) in [6.45, 7) is 1.56. The summed E-state index contributed by atoms with van der Waals surface area (Å²) in [5.74, 6) is -1.17. The Morgan fingerprint density at radius 1 is 1.03 bits per heavy atom. The van der Waals surface area contributed by atoms with Gasteiger partial charge in [-0.1, -0.05) is 53.4 Å². The number of benzene rings is 2. The van der Waals surface area contributed by atoms with Crippen molar-refractivity contribution in [3.63, 3.8) is 0 Å². The van der Waals surface area contributed by atoms with E-state index in [1.807, 2.05) is 17.1 Å². The maximum absolute atomic E-state index is 13.1. The van der Waals surface area contributed by atoms with Gasteiger partial charge in [0.2, 0.25) is 0 Å². The zero-order valence-corrected chi connectivity index (χ0v) is 18.8. The van der Waals surface area contributed by atoms with Crippen LogP contribution in [0.1, 0.15) is 30.9 Å². The van der Waals surface area contributed by atoms with Crippen molar-refractivity contribution < 1.29 is 4.79 Å². The van der Waals surface area contributed by atoms with Gasteiger partial charge >= 0.3 is 0 Å². The lowest BCUT2D eigenvalue weighted by Crippen LogP contribution is -2.48. The van der Waals surface area contributed by atoms with Crippen LogP contribution in [0.4, 0.5) is 5.69 Å². The molecule has 1 amide bonds. The lowest BCUT2D eigenvalue weighted by molar-refractivity contribution is -0.119. The fraction of sp³-hybridized carbons (Fsp3) is 0.318. The molecule has 1 fully saturated rings. The SMILES string of the molecule is N#C[C@H]1C(C(=O)NN2CCCCC2)=NN(c2ccc(Cl)cc2Cl)[C@H]1c1ccc(Cl)cc1. The number of hydrazone groups is 1. The smallest absolute Gasteiger partial charge is 0.283 e. The Labute approximate surface area is 195 Å². The van der Waals surface area contributed by atoms with E-state index < -0.39 is 12.0 Å². The van der Waals surface area contributed by atoms with Crippen LogP contribution in [0.2, 0.25) is 15.1 Å². The third kappa shape index (κ3) is 4.65. The highest BCUT2D eigenvalue weighted by molar-refractivity contribution is 6.41. The number of hydrogen-bond acceptors (Lipinski definition) is 5. The van der Waals surface area contributed by atoms with Crippen LogP contribution in [0.15, 0.2) is 47.6 Å². The molecule has 0 spiro atoms. The summed E-state index contributed by atoms with van der Waals surface area (Å²) < 4.78 is 0. The molecule has 9 heteroatoms. The summed E-state index contributed by atoms with van der Waals surface area (Å²) in [5.41, 5.74) is 4.42. The van der Waals surface area contributed by atoms with Crippen molar-refractivity contribution in [1.29, 1.82) is 5.26 Å². The Morgan fingerprint density at radius 2 is 1.71 bits per heavy atom. The number of nitrogens with one attached hydrogen (secondary N) is 1. The summed E-state index contributed by atoms with van der Waals surface area (Å²) in [7, 11) is 0. The first-order valence-electron chi connectivity index (χ1n) is 10.0. The molecule has 0 aromatic heterocycles. The summed E-state index contributed by atoms with van der Waals surface area (Å²) in [6, 6.07) is 13.9. The Balaban J connectivity index is 1.73. The fourth-order valence-corrected chi connectivity index (χ4v) is 4.54.